The van der Waals surface area contributed by atoms with E-state index in [0.29, 0.717) is 18.7 Å². The third-order valence-electron chi connectivity index (χ3n) is 4.70. The van der Waals surface area contributed by atoms with Crippen molar-refractivity contribution in [3.63, 3.8) is 0 Å². The maximum Gasteiger partial charge on any atom is 0.251 e. The number of tetrazole rings is 1. The van der Waals surface area contributed by atoms with Crippen LogP contribution in [0.4, 0.5) is 0 Å². The van der Waals surface area contributed by atoms with Crippen LogP contribution in [-0.2, 0) is 13.1 Å². The van der Waals surface area contributed by atoms with Crippen molar-refractivity contribution in [1.82, 2.24) is 35.3 Å². The molecule has 4 aromatic rings. The molecular weight excluding hydrogens is 366 g/mol. The van der Waals surface area contributed by atoms with Gasteiger partial charge in [0.05, 0.1) is 19.1 Å². The van der Waals surface area contributed by atoms with Crippen molar-refractivity contribution >= 4 is 5.91 Å². The van der Waals surface area contributed by atoms with E-state index < -0.39 is 0 Å². The molecule has 8 heteroatoms. The van der Waals surface area contributed by atoms with Crippen LogP contribution in [0, 0.1) is 6.92 Å². The highest BCUT2D eigenvalue weighted by atomic mass is 16.1. The molecule has 0 aliphatic carbocycles. The summed E-state index contributed by atoms with van der Waals surface area (Å²) in [6.07, 6.45) is 3.62. The van der Waals surface area contributed by atoms with Gasteiger partial charge in [0.1, 0.15) is 5.82 Å². The molecule has 1 amide bonds. The first-order chi connectivity index (χ1) is 14.2. The molecule has 2 aromatic carbocycles. The number of rotatable bonds is 7. The van der Waals surface area contributed by atoms with Crippen LogP contribution in [0.2, 0.25) is 0 Å². The van der Waals surface area contributed by atoms with Gasteiger partial charge in [0.25, 0.3) is 5.91 Å². The Morgan fingerprint density at radius 1 is 1.07 bits per heavy atom. The molecular formula is C21H21N7O. The number of hydrogen-bond acceptors (Lipinski definition) is 5. The van der Waals surface area contributed by atoms with E-state index in [2.05, 4.69) is 25.9 Å². The Balaban J connectivity index is 1.47. The number of carbonyl (C=O) groups is 1. The maximum atomic E-state index is 12.9. The standard InChI is InChI=1S/C21H21N7O/c1-16-24-25-26-28(16)14-17-8-10-19(11-9-17)21(29)23-20(15-27-13-5-12-22-27)18-6-3-2-4-7-18/h2-13,20H,14-15H2,1H3,(H,23,29)/t20-/m1/s1. The molecule has 0 unspecified atom stereocenters. The fourth-order valence-electron chi connectivity index (χ4n) is 3.09. The predicted molar refractivity (Wildman–Crippen MR) is 107 cm³/mol. The molecule has 0 spiro atoms. The Labute approximate surface area is 168 Å². The molecule has 0 saturated heterocycles. The molecule has 1 atom stereocenters. The maximum absolute atomic E-state index is 12.9. The summed E-state index contributed by atoms with van der Waals surface area (Å²) >= 11 is 0. The summed E-state index contributed by atoms with van der Waals surface area (Å²) in [7, 11) is 0. The normalized spacial score (nSPS) is 11.9. The van der Waals surface area contributed by atoms with Crippen molar-refractivity contribution in [3.05, 3.63) is 95.6 Å². The van der Waals surface area contributed by atoms with Gasteiger partial charge >= 0.3 is 0 Å². The van der Waals surface area contributed by atoms with Crippen LogP contribution in [-0.4, -0.2) is 35.9 Å². The number of nitrogens with one attached hydrogen (secondary N) is 1. The van der Waals surface area contributed by atoms with Crippen molar-refractivity contribution in [2.75, 3.05) is 0 Å². The highest BCUT2D eigenvalue weighted by Gasteiger charge is 2.16. The Bertz CT molecular complexity index is 1060. The summed E-state index contributed by atoms with van der Waals surface area (Å²) < 4.78 is 3.53. The molecule has 146 valence electrons. The van der Waals surface area contributed by atoms with Gasteiger partial charge in [0.15, 0.2) is 0 Å². The average molecular weight is 387 g/mol. The Morgan fingerprint density at radius 2 is 1.86 bits per heavy atom. The summed E-state index contributed by atoms with van der Waals surface area (Å²) in [5.41, 5.74) is 2.65. The SMILES string of the molecule is Cc1nnnn1Cc1ccc(C(=O)N[C@H](Cn2cccn2)c2ccccc2)cc1. The van der Waals surface area contributed by atoms with Crippen LogP contribution in [0.3, 0.4) is 0 Å². The zero-order valence-corrected chi connectivity index (χ0v) is 16.0. The van der Waals surface area contributed by atoms with Crippen LogP contribution in [0.25, 0.3) is 0 Å². The van der Waals surface area contributed by atoms with Gasteiger partial charge in [-0.15, -0.1) is 5.10 Å². The molecule has 0 saturated carbocycles. The highest BCUT2D eigenvalue weighted by Crippen LogP contribution is 2.16. The van der Waals surface area contributed by atoms with Crippen molar-refractivity contribution in [2.45, 2.75) is 26.1 Å². The molecule has 29 heavy (non-hydrogen) atoms. The lowest BCUT2D eigenvalue weighted by atomic mass is 10.1. The summed E-state index contributed by atoms with van der Waals surface area (Å²) in [5, 5.41) is 18.9. The van der Waals surface area contributed by atoms with Gasteiger partial charge in [-0.05, 0) is 46.7 Å². The monoisotopic (exact) mass is 387 g/mol. The van der Waals surface area contributed by atoms with E-state index in [-0.39, 0.29) is 11.9 Å². The summed E-state index contributed by atoms with van der Waals surface area (Å²) in [4.78, 5) is 12.9. The Morgan fingerprint density at radius 3 is 2.52 bits per heavy atom. The van der Waals surface area contributed by atoms with Crippen molar-refractivity contribution in [3.8, 4) is 0 Å². The lowest BCUT2D eigenvalue weighted by Crippen LogP contribution is -2.31. The first-order valence-electron chi connectivity index (χ1n) is 9.34. The summed E-state index contributed by atoms with van der Waals surface area (Å²) in [6.45, 7) is 2.97. The second kappa shape index (κ2) is 8.47. The minimum absolute atomic E-state index is 0.129. The Hall–Kier alpha value is -3.81. The van der Waals surface area contributed by atoms with E-state index in [1.807, 2.05) is 78.5 Å². The number of amides is 1. The predicted octanol–water partition coefficient (Wildman–Crippen LogP) is 2.40. The molecule has 8 nitrogen and oxygen atoms in total. The first kappa shape index (κ1) is 18.5. The second-order valence-electron chi connectivity index (χ2n) is 6.75. The summed E-state index contributed by atoms with van der Waals surface area (Å²) in [5.74, 6) is 0.618. The van der Waals surface area contributed by atoms with Gasteiger partial charge in [-0.2, -0.15) is 5.10 Å². The van der Waals surface area contributed by atoms with Crippen LogP contribution in [0.1, 0.15) is 33.4 Å². The molecule has 4 rings (SSSR count). The molecule has 0 aliphatic heterocycles. The Kier molecular flexibility index (Phi) is 5.42. The van der Waals surface area contributed by atoms with Gasteiger partial charge in [-0.3, -0.25) is 9.48 Å². The van der Waals surface area contributed by atoms with Crippen LogP contribution < -0.4 is 5.32 Å². The quantitative estimate of drug-likeness (QED) is 0.526. The fourth-order valence-corrected chi connectivity index (χ4v) is 3.09. The van der Waals surface area contributed by atoms with E-state index in [4.69, 9.17) is 0 Å². The molecule has 2 heterocycles. The number of benzene rings is 2. The van der Waals surface area contributed by atoms with Crippen molar-refractivity contribution in [2.24, 2.45) is 0 Å². The third kappa shape index (κ3) is 4.55. The van der Waals surface area contributed by atoms with Gasteiger partial charge in [0.2, 0.25) is 0 Å². The zero-order valence-electron chi connectivity index (χ0n) is 16.0. The second-order valence-corrected chi connectivity index (χ2v) is 6.75. The fraction of sp³-hybridized carbons (Fsp3) is 0.190. The molecule has 0 aliphatic rings. The minimum Gasteiger partial charge on any atom is -0.343 e. The van der Waals surface area contributed by atoms with Gasteiger partial charge in [-0.25, -0.2) is 4.68 Å². The van der Waals surface area contributed by atoms with Gasteiger partial charge in [0, 0.05) is 18.0 Å². The van der Waals surface area contributed by atoms with Gasteiger partial charge < -0.3 is 5.32 Å². The van der Waals surface area contributed by atoms with E-state index in [0.717, 1.165) is 17.0 Å². The first-order valence-corrected chi connectivity index (χ1v) is 9.34. The number of aryl methyl sites for hydroxylation is 1. The zero-order chi connectivity index (χ0) is 20.1. The lowest BCUT2D eigenvalue weighted by Gasteiger charge is -2.19. The van der Waals surface area contributed by atoms with E-state index >= 15 is 0 Å². The van der Waals surface area contributed by atoms with Crippen LogP contribution in [0.5, 0.6) is 0 Å². The smallest absolute Gasteiger partial charge is 0.251 e. The van der Waals surface area contributed by atoms with E-state index in [1.54, 1.807) is 10.9 Å². The van der Waals surface area contributed by atoms with E-state index in [9.17, 15) is 4.79 Å². The number of hydrogen-bond donors (Lipinski definition) is 1. The van der Waals surface area contributed by atoms with Crippen molar-refractivity contribution in [1.29, 1.82) is 0 Å². The number of nitrogens with zero attached hydrogens (tertiary/aromatic N) is 6. The molecule has 1 N–H and O–H groups in total. The molecule has 2 aromatic heterocycles. The molecule has 0 radical (unpaired) electrons. The molecule has 0 fully saturated rings. The van der Waals surface area contributed by atoms with Crippen LogP contribution in [0.15, 0.2) is 73.1 Å². The summed E-state index contributed by atoms with van der Waals surface area (Å²) in [6, 6.07) is 19.1. The molecule has 0 bridgehead atoms. The minimum atomic E-state index is -0.188. The third-order valence-corrected chi connectivity index (χ3v) is 4.70. The number of aromatic nitrogens is 6. The van der Waals surface area contributed by atoms with Crippen molar-refractivity contribution < 1.29 is 4.79 Å². The van der Waals surface area contributed by atoms with Gasteiger partial charge in [-0.1, -0.05) is 42.5 Å². The van der Waals surface area contributed by atoms with Crippen LogP contribution >= 0.6 is 0 Å². The topological polar surface area (TPSA) is 90.5 Å². The lowest BCUT2D eigenvalue weighted by molar-refractivity contribution is 0.0932. The van der Waals surface area contributed by atoms with E-state index in [1.165, 1.54) is 0 Å². The highest BCUT2D eigenvalue weighted by molar-refractivity contribution is 5.94. The number of carbonyl (C=O) groups excluding carboxylic acids is 1. The average Bonchev–Trinajstić information content (AvgIpc) is 3.41. The largest absolute Gasteiger partial charge is 0.343 e.